The number of sulfone groups is 1. The molecule has 0 amide bonds. The lowest BCUT2D eigenvalue weighted by Crippen LogP contribution is -2.31. The highest BCUT2D eigenvalue weighted by Crippen LogP contribution is 2.26. The SMILES string of the molecule is CS(=O)(=O)C[C@H](CNc1nc(-c2ccncc2)nc2cnccc12)Cc1ccccc1.N[C@H](CNc1nc(-c2ccncc2)nc2cnccc12)Cc1ccccc1. The molecule has 2 aromatic carbocycles. The van der Waals surface area contributed by atoms with Crippen molar-refractivity contribution in [3.63, 3.8) is 0 Å². The molecule has 2 atom stereocenters. The number of rotatable bonds is 14. The molecule has 4 N–H and O–H groups in total. The molecule has 0 saturated carbocycles. The van der Waals surface area contributed by atoms with Crippen LogP contribution in [0.2, 0.25) is 0 Å². The minimum Gasteiger partial charge on any atom is -0.369 e. The van der Waals surface area contributed by atoms with Gasteiger partial charge in [-0.1, -0.05) is 60.7 Å². The van der Waals surface area contributed by atoms with E-state index in [1.54, 1.807) is 49.6 Å². The molecule has 6 heterocycles. The van der Waals surface area contributed by atoms with Crippen LogP contribution >= 0.6 is 0 Å². The number of anilines is 2. The molecule has 292 valence electrons. The van der Waals surface area contributed by atoms with Gasteiger partial charge in [0.05, 0.1) is 29.2 Å². The van der Waals surface area contributed by atoms with Crippen molar-refractivity contribution in [3.05, 3.63) is 158 Å². The fourth-order valence-corrected chi connectivity index (χ4v) is 7.61. The molecule has 13 nitrogen and oxygen atoms in total. The van der Waals surface area contributed by atoms with Crippen LogP contribution in [-0.2, 0) is 22.7 Å². The highest BCUT2D eigenvalue weighted by molar-refractivity contribution is 7.90. The van der Waals surface area contributed by atoms with Gasteiger partial charge in [0.2, 0.25) is 0 Å². The molecule has 58 heavy (non-hydrogen) atoms. The number of aromatic nitrogens is 8. The van der Waals surface area contributed by atoms with Crippen LogP contribution in [0.15, 0.2) is 147 Å². The first-order valence-corrected chi connectivity index (χ1v) is 20.9. The fourth-order valence-electron chi connectivity index (χ4n) is 6.51. The fraction of sp³-hybridized carbons (Fsp3) is 0.182. The first kappa shape index (κ1) is 39.5. The zero-order valence-corrected chi connectivity index (χ0v) is 32.7. The van der Waals surface area contributed by atoms with Gasteiger partial charge in [-0.15, -0.1) is 0 Å². The summed E-state index contributed by atoms with van der Waals surface area (Å²) in [7, 11) is -3.13. The number of benzene rings is 2. The molecule has 6 aromatic heterocycles. The molecule has 0 aliphatic carbocycles. The Kier molecular flexibility index (Phi) is 12.9. The molecule has 0 unspecified atom stereocenters. The number of hydrogen-bond acceptors (Lipinski definition) is 13. The number of pyridine rings is 4. The molecular formula is C44H43N11O2S. The first-order valence-electron chi connectivity index (χ1n) is 18.8. The molecule has 0 aliphatic rings. The molecule has 0 bridgehead atoms. The van der Waals surface area contributed by atoms with Crippen LogP contribution in [0.4, 0.5) is 11.6 Å². The number of fused-ring (bicyclic) bond motifs is 2. The number of nitrogens with two attached hydrogens (primary N) is 1. The maximum Gasteiger partial charge on any atom is 0.162 e. The van der Waals surface area contributed by atoms with E-state index in [1.165, 1.54) is 11.8 Å². The van der Waals surface area contributed by atoms with Gasteiger partial charge in [-0.05, 0) is 66.3 Å². The van der Waals surface area contributed by atoms with Crippen molar-refractivity contribution in [2.45, 2.75) is 18.9 Å². The lowest BCUT2D eigenvalue weighted by Gasteiger charge is -2.18. The van der Waals surface area contributed by atoms with Gasteiger partial charge in [-0.25, -0.2) is 28.4 Å². The minimum absolute atomic E-state index is 0.0244. The van der Waals surface area contributed by atoms with Gasteiger partial charge >= 0.3 is 0 Å². The maximum absolute atomic E-state index is 12.0. The second-order valence-electron chi connectivity index (χ2n) is 13.9. The Bertz CT molecular complexity index is 2660. The van der Waals surface area contributed by atoms with Crippen molar-refractivity contribution in [2.75, 3.05) is 35.7 Å². The minimum atomic E-state index is -3.13. The van der Waals surface area contributed by atoms with E-state index in [1.807, 2.05) is 84.9 Å². The maximum atomic E-state index is 12.0. The summed E-state index contributed by atoms with van der Waals surface area (Å²) in [6, 6.07) is 31.4. The van der Waals surface area contributed by atoms with E-state index in [4.69, 9.17) is 15.7 Å². The lowest BCUT2D eigenvalue weighted by atomic mass is 10.0. The lowest BCUT2D eigenvalue weighted by molar-refractivity contribution is 0.564. The van der Waals surface area contributed by atoms with E-state index < -0.39 is 9.84 Å². The highest BCUT2D eigenvalue weighted by Gasteiger charge is 2.18. The Hall–Kier alpha value is -6.77. The molecule has 14 heteroatoms. The van der Waals surface area contributed by atoms with E-state index in [9.17, 15) is 8.42 Å². The molecule has 8 aromatic rings. The van der Waals surface area contributed by atoms with Gasteiger partial charge in [-0.2, -0.15) is 0 Å². The van der Waals surface area contributed by atoms with Gasteiger partial charge in [0.15, 0.2) is 11.6 Å². The summed E-state index contributed by atoms with van der Waals surface area (Å²) in [5.41, 5.74) is 11.9. The third kappa shape index (κ3) is 11.0. The summed E-state index contributed by atoms with van der Waals surface area (Å²) < 4.78 is 24.1. The van der Waals surface area contributed by atoms with Crippen LogP contribution in [0.5, 0.6) is 0 Å². The molecule has 0 aliphatic heterocycles. The van der Waals surface area contributed by atoms with Crippen LogP contribution < -0.4 is 16.4 Å². The van der Waals surface area contributed by atoms with Crippen molar-refractivity contribution in [1.29, 1.82) is 0 Å². The van der Waals surface area contributed by atoms with Crippen LogP contribution in [0.25, 0.3) is 44.6 Å². The second-order valence-corrected chi connectivity index (χ2v) is 16.1. The number of hydrogen-bond donors (Lipinski definition) is 3. The molecular weight excluding hydrogens is 747 g/mol. The second kappa shape index (κ2) is 18.9. The van der Waals surface area contributed by atoms with Crippen LogP contribution in [0.1, 0.15) is 11.1 Å². The Labute approximate surface area is 337 Å². The Balaban J connectivity index is 0.000000178. The van der Waals surface area contributed by atoms with E-state index in [-0.39, 0.29) is 17.7 Å². The topological polar surface area (TPSA) is 187 Å². The zero-order valence-electron chi connectivity index (χ0n) is 31.9. The van der Waals surface area contributed by atoms with Crippen molar-refractivity contribution >= 4 is 43.3 Å². The molecule has 0 saturated heterocycles. The normalized spacial score (nSPS) is 12.3. The standard InChI is InChI=1S/C23H23N5O2S.C21H20N6/c1-31(29,30)16-18(13-17-5-3-2-4-6-17)14-26-23-20-9-12-25-15-21(20)27-22(28-23)19-7-10-24-11-8-19;22-17(12-15-4-2-1-3-5-15)13-25-21-18-8-11-24-14-19(18)26-20(27-21)16-6-9-23-10-7-16/h2-12,15,18H,13-14,16H2,1H3,(H,26,27,28);1-11,14,17H,12-13,22H2,(H,25,26,27)/t18-;17-/m00/s1. The van der Waals surface area contributed by atoms with Crippen molar-refractivity contribution in [3.8, 4) is 22.8 Å². The van der Waals surface area contributed by atoms with Gasteiger partial charge in [0.25, 0.3) is 0 Å². The Morgan fingerprint density at radius 3 is 1.48 bits per heavy atom. The molecule has 0 radical (unpaired) electrons. The molecule has 8 rings (SSSR count). The van der Waals surface area contributed by atoms with Gasteiger partial charge in [-0.3, -0.25) is 19.9 Å². The average Bonchev–Trinajstić information content (AvgIpc) is 3.25. The summed E-state index contributed by atoms with van der Waals surface area (Å²) in [6.07, 6.45) is 16.5. The quantitative estimate of drug-likeness (QED) is 0.109. The Morgan fingerprint density at radius 2 is 1.00 bits per heavy atom. The summed E-state index contributed by atoms with van der Waals surface area (Å²) in [5, 5.41) is 8.54. The van der Waals surface area contributed by atoms with Gasteiger partial charge in [0.1, 0.15) is 21.5 Å². The first-order chi connectivity index (χ1) is 28.3. The zero-order chi connectivity index (χ0) is 40.2. The summed E-state index contributed by atoms with van der Waals surface area (Å²) >= 11 is 0. The van der Waals surface area contributed by atoms with Crippen LogP contribution in [-0.4, -0.2) is 79.4 Å². The molecule has 0 spiro atoms. The van der Waals surface area contributed by atoms with E-state index in [0.717, 1.165) is 50.7 Å². The van der Waals surface area contributed by atoms with Gasteiger partial charge < -0.3 is 16.4 Å². The predicted molar refractivity (Wildman–Crippen MR) is 230 cm³/mol. The van der Waals surface area contributed by atoms with Crippen molar-refractivity contribution < 1.29 is 8.42 Å². The molecule has 0 fully saturated rings. The third-order valence-electron chi connectivity index (χ3n) is 9.21. The van der Waals surface area contributed by atoms with Gasteiger partial charge in [0, 0.05) is 84.5 Å². The average molecular weight is 790 g/mol. The van der Waals surface area contributed by atoms with Crippen LogP contribution in [0, 0.1) is 5.92 Å². The smallest absolute Gasteiger partial charge is 0.162 e. The monoisotopic (exact) mass is 789 g/mol. The number of nitrogens with one attached hydrogen (secondary N) is 2. The number of nitrogens with zero attached hydrogens (tertiary/aromatic N) is 8. The van der Waals surface area contributed by atoms with Crippen molar-refractivity contribution in [1.82, 2.24) is 39.9 Å². The predicted octanol–water partition coefficient (Wildman–Crippen LogP) is 6.47. The Morgan fingerprint density at radius 1 is 0.552 bits per heavy atom. The summed E-state index contributed by atoms with van der Waals surface area (Å²) in [6.45, 7) is 1.07. The summed E-state index contributed by atoms with van der Waals surface area (Å²) in [5.74, 6) is 2.61. The highest BCUT2D eigenvalue weighted by atomic mass is 32.2. The summed E-state index contributed by atoms with van der Waals surface area (Å²) in [4.78, 5) is 35.2. The largest absolute Gasteiger partial charge is 0.369 e. The third-order valence-corrected chi connectivity index (χ3v) is 10.3. The van der Waals surface area contributed by atoms with Crippen molar-refractivity contribution in [2.24, 2.45) is 11.7 Å². The van der Waals surface area contributed by atoms with E-state index in [2.05, 4.69) is 52.7 Å². The van der Waals surface area contributed by atoms with Crippen LogP contribution in [0.3, 0.4) is 0 Å². The van der Waals surface area contributed by atoms with E-state index in [0.29, 0.717) is 37.0 Å². The van der Waals surface area contributed by atoms with E-state index >= 15 is 0 Å².